The number of hydrogen-bond donors (Lipinski definition) is 2. The van der Waals surface area contributed by atoms with E-state index in [0.29, 0.717) is 24.4 Å². The fourth-order valence-corrected chi connectivity index (χ4v) is 4.18. The third-order valence-electron chi connectivity index (χ3n) is 5.39. The quantitative estimate of drug-likeness (QED) is 0.761. The number of imide groups is 1. The molecule has 7 heteroatoms. The maximum Gasteiger partial charge on any atom is 0.325 e. The van der Waals surface area contributed by atoms with Crippen LogP contribution in [0.3, 0.4) is 0 Å². The van der Waals surface area contributed by atoms with Crippen LogP contribution >= 0.6 is 0 Å². The average Bonchev–Trinajstić information content (AvgIpc) is 2.80. The van der Waals surface area contributed by atoms with Gasteiger partial charge in [0, 0.05) is 25.3 Å². The second-order valence-electron chi connectivity index (χ2n) is 8.52. The summed E-state index contributed by atoms with van der Waals surface area (Å²) in [6.45, 7) is 10.5. The van der Waals surface area contributed by atoms with Crippen molar-refractivity contribution in [2.45, 2.75) is 46.1 Å². The topological polar surface area (TPSA) is 81.8 Å². The Hall–Kier alpha value is -2.41. The van der Waals surface area contributed by atoms with Crippen LogP contribution in [-0.4, -0.2) is 59.4 Å². The van der Waals surface area contributed by atoms with Crippen molar-refractivity contribution in [3.63, 3.8) is 0 Å². The molecule has 0 radical (unpaired) electrons. The third-order valence-corrected chi connectivity index (χ3v) is 5.39. The van der Waals surface area contributed by atoms with Crippen molar-refractivity contribution in [2.75, 3.05) is 31.5 Å². The minimum Gasteiger partial charge on any atom is -0.325 e. The number of amides is 4. The van der Waals surface area contributed by atoms with Crippen molar-refractivity contribution >= 4 is 23.5 Å². The van der Waals surface area contributed by atoms with Crippen LogP contribution in [0.25, 0.3) is 0 Å². The van der Waals surface area contributed by atoms with Crippen molar-refractivity contribution in [1.29, 1.82) is 0 Å². The number of nitrogens with zero attached hydrogens (tertiary/aromatic N) is 2. The number of carbonyl (C=O) groups excluding carboxylic acids is 3. The third kappa shape index (κ3) is 4.35. The van der Waals surface area contributed by atoms with E-state index in [1.165, 1.54) is 0 Å². The van der Waals surface area contributed by atoms with E-state index in [-0.39, 0.29) is 18.4 Å². The molecule has 2 aliphatic rings. The van der Waals surface area contributed by atoms with Crippen LogP contribution in [0, 0.1) is 19.8 Å². The number of urea groups is 1. The molecule has 1 aromatic rings. The molecule has 7 nitrogen and oxygen atoms in total. The predicted molar refractivity (Wildman–Crippen MR) is 108 cm³/mol. The first-order chi connectivity index (χ1) is 13.2. The Kier molecular flexibility index (Phi) is 5.74. The molecule has 4 amide bonds. The van der Waals surface area contributed by atoms with Gasteiger partial charge in [0.2, 0.25) is 5.91 Å². The highest BCUT2D eigenvalue weighted by Crippen LogP contribution is 2.29. The summed E-state index contributed by atoms with van der Waals surface area (Å²) in [5.41, 5.74) is 1.89. The molecular formula is C21H30N4O3. The van der Waals surface area contributed by atoms with Crippen LogP contribution < -0.4 is 10.6 Å². The van der Waals surface area contributed by atoms with Gasteiger partial charge in [0.15, 0.2) is 0 Å². The summed E-state index contributed by atoms with van der Waals surface area (Å²) in [7, 11) is 0. The number of nitrogens with one attached hydrogen (secondary N) is 2. The first-order valence-electron chi connectivity index (χ1n) is 9.93. The molecular weight excluding hydrogens is 356 g/mol. The molecule has 152 valence electrons. The van der Waals surface area contributed by atoms with Crippen LogP contribution in [0.5, 0.6) is 0 Å². The molecule has 2 saturated heterocycles. The molecule has 1 spiro atoms. The number of carbonyl (C=O) groups is 3. The second kappa shape index (κ2) is 7.91. The summed E-state index contributed by atoms with van der Waals surface area (Å²) in [6.07, 6.45) is 1.17. The first-order valence-corrected chi connectivity index (χ1v) is 9.93. The molecule has 2 heterocycles. The highest BCUT2D eigenvalue weighted by molar-refractivity contribution is 6.10. The number of piperidine rings is 1. The summed E-state index contributed by atoms with van der Waals surface area (Å²) in [5, 5.41) is 5.65. The van der Waals surface area contributed by atoms with Crippen molar-refractivity contribution in [2.24, 2.45) is 5.92 Å². The van der Waals surface area contributed by atoms with Gasteiger partial charge in [-0.2, -0.15) is 0 Å². The first kappa shape index (κ1) is 20.3. The monoisotopic (exact) mass is 386 g/mol. The van der Waals surface area contributed by atoms with Crippen molar-refractivity contribution < 1.29 is 14.4 Å². The highest BCUT2D eigenvalue weighted by Gasteiger charge is 2.52. The SMILES string of the molecule is Cc1cc(C)cc(NC(=O)CN2C(=O)NC3(CCN(CC(C)C)CC3)C2=O)c1. The normalized spacial score (nSPS) is 19.4. The van der Waals surface area contributed by atoms with Crippen molar-refractivity contribution in [1.82, 2.24) is 15.1 Å². The Morgan fingerprint density at radius 3 is 2.32 bits per heavy atom. The minimum atomic E-state index is -0.856. The van der Waals surface area contributed by atoms with Crippen molar-refractivity contribution in [3.05, 3.63) is 29.3 Å². The molecule has 0 saturated carbocycles. The second-order valence-corrected chi connectivity index (χ2v) is 8.52. The van der Waals surface area contributed by atoms with Gasteiger partial charge in [0.1, 0.15) is 12.1 Å². The Balaban J connectivity index is 1.61. The largest absolute Gasteiger partial charge is 0.325 e. The molecule has 0 aromatic heterocycles. The maximum atomic E-state index is 13.0. The molecule has 1 aromatic carbocycles. The fourth-order valence-electron chi connectivity index (χ4n) is 4.18. The molecule has 3 rings (SSSR count). The molecule has 2 N–H and O–H groups in total. The van der Waals surface area contributed by atoms with Gasteiger partial charge in [-0.3, -0.25) is 14.5 Å². The lowest BCUT2D eigenvalue weighted by atomic mass is 9.87. The van der Waals surface area contributed by atoms with Crippen LogP contribution in [-0.2, 0) is 9.59 Å². The van der Waals surface area contributed by atoms with Crippen LogP contribution in [0.4, 0.5) is 10.5 Å². The number of aryl methyl sites for hydroxylation is 2. The van der Waals surface area contributed by atoms with E-state index in [4.69, 9.17) is 0 Å². The Morgan fingerprint density at radius 1 is 1.14 bits per heavy atom. The standard InChI is InChI=1S/C21H30N4O3/c1-14(2)12-24-7-5-21(6-8-24)19(27)25(20(28)23-21)13-18(26)22-17-10-15(3)9-16(4)11-17/h9-11,14H,5-8,12-13H2,1-4H3,(H,22,26)(H,23,28). The maximum absolute atomic E-state index is 13.0. The van der Waals surface area contributed by atoms with Crippen LogP contribution in [0.15, 0.2) is 18.2 Å². The summed E-state index contributed by atoms with van der Waals surface area (Å²) < 4.78 is 0. The number of likely N-dealkylation sites (tertiary alicyclic amines) is 1. The molecule has 2 fully saturated rings. The summed E-state index contributed by atoms with van der Waals surface area (Å²) in [4.78, 5) is 41.2. The summed E-state index contributed by atoms with van der Waals surface area (Å²) >= 11 is 0. The number of anilines is 1. The molecule has 2 aliphatic heterocycles. The zero-order chi connectivity index (χ0) is 20.5. The number of hydrogen-bond acceptors (Lipinski definition) is 4. The van der Waals surface area contributed by atoms with Gasteiger partial charge >= 0.3 is 6.03 Å². The van der Waals surface area contributed by atoms with E-state index in [0.717, 1.165) is 35.7 Å². The van der Waals surface area contributed by atoms with Gasteiger partial charge in [-0.1, -0.05) is 19.9 Å². The minimum absolute atomic E-state index is 0.269. The Labute approximate surface area is 166 Å². The van der Waals surface area contributed by atoms with E-state index in [9.17, 15) is 14.4 Å². The van der Waals surface area contributed by atoms with Gasteiger partial charge in [0.25, 0.3) is 5.91 Å². The van der Waals surface area contributed by atoms with Crippen LogP contribution in [0.1, 0.15) is 37.8 Å². The zero-order valence-corrected chi connectivity index (χ0v) is 17.2. The lowest BCUT2D eigenvalue weighted by molar-refractivity contribution is -0.135. The average molecular weight is 386 g/mol. The van der Waals surface area contributed by atoms with Gasteiger partial charge in [-0.15, -0.1) is 0 Å². The van der Waals surface area contributed by atoms with E-state index in [1.54, 1.807) is 0 Å². The lowest BCUT2D eigenvalue weighted by Gasteiger charge is -2.37. The van der Waals surface area contributed by atoms with Gasteiger partial charge < -0.3 is 15.5 Å². The number of benzene rings is 1. The lowest BCUT2D eigenvalue weighted by Crippen LogP contribution is -2.55. The van der Waals surface area contributed by atoms with Crippen molar-refractivity contribution in [3.8, 4) is 0 Å². The number of rotatable bonds is 5. The van der Waals surface area contributed by atoms with E-state index in [1.807, 2.05) is 32.0 Å². The van der Waals surface area contributed by atoms with E-state index >= 15 is 0 Å². The predicted octanol–water partition coefficient (Wildman–Crippen LogP) is 2.28. The molecule has 0 unspecified atom stereocenters. The summed E-state index contributed by atoms with van der Waals surface area (Å²) in [5.74, 6) is -0.0894. The zero-order valence-electron chi connectivity index (χ0n) is 17.2. The Bertz CT molecular complexity index is 762. The Morgan fingerprint density at radius 2 is 1.75 bits per heavy atom. The fraction of sp³-hybridized carbons (Fsp3) is 0.571. The van der Waals surface area contributed by atoms with Gasteiger partial charge in [-0.25, -0.2) is 4.79 Å². The molecule has 0 atom stereocenters. The molecule has 0 aliphatic carbocycles. The molecule has 0 bridgehead atoms. The highest BCUT2D eigenvalue weighted by atomic mass is 16.2. The molecule has 28 heavy (non-hydrogen) atoms. The van der Waals surface area contributed by atoms with Gasteiger partial charge in [0.05, 0.1) is 0 Å². The summed E-state index contributed by atoms with van der Waals surface area (Å²) in [6, 6.07) is 5.27. The van der Waals surface area contributed by atoms with E-state index in [2.05, 4.69) is 29.4 Å². The van der Waals surface area contributed by atoms with Gasteiger partial charge in [-0.05, 0) is 55.9 Å². The van der Waals surface area contributed by atoms with E-state index < -0.39 is 11.6 Å². The smallest absolute Gasteiger partial charge is 0.325 e. The van der Waals surface area contributed by atoms with Crippen LogP contribution in [0.2, 0.25) is 0 Å².